The van der Waals surface area contributed by atoms with Gasteiger partial charge in [-0.25, -0.2) is 4.98 Å². The fraction of sp³-hybridized carbons (Fsp3) is 0.429. The van der Waals surface area contributed by atoms with E-state index in [1.165, 1.54) is 20.1 Å². The van der Waals surface area contributed by atoms with Gasteiger partial charge in [0.2, 0.25) is 5.95 Å². The van der Waals surface area contributed by atoms with Crippen LogP contribution in [0.1, 0.15) is 35.4 Å². The van der Waals surface area contributed by atoms with Crippen LogP contribution in [0.4, 0.5) is 19.1 Å². The summed E-state index contributed by atoms with van der Waals surface area (Å²) in [5.74, 6) is 1.37. The topological polar surface area (TPSA) is 43.2 Å². The van der Waals surface area contributed by atoms with Crippen LogP contribution in [-0.2, 0) is 13.2 Å². The number of anilines is 1. The molecule has 1 saturated heterocycles. The number of pyridine rings is 1. The molecule has 0 unspecified atom stereocenters. The number of aryl methyl sites for hydroxylation is 1. The van der Waals surface area contributed by atoms with Gasteiger partial charge in [-0.15, -0.1) is 0 Å². The molecular formula is C21H23F3N4O. The molecule has 1 aliphatic rings. The van der Waals surface area contributed by atoms with Crippen molar-refractivity contribution in [1.82, 2.24) is 14.5 Å². The van der Waals surface area contributed by atoms with Crippen molar-refractivity contribution in [1.29, 1.82) is 0 Å². The molecule has 0 spiro atoms. The molecule has 8 heteroatoms. The van der Waals surface area contributed by atoms with E-state index in [1.54, 1.807) is 12.3 Å². The average molecular weight is 404 g/mol. The van der Waals surface area contributed by atoms with E-state index in [4.69, 9.17) is 4.74 Å². The lowest BCUT2D eigenvalue weighted by atomic mass is 9.86. The summed E-state index contributed by atoms with van der Waals surface area (Å²) in [5.41, 5.74) is 2.06. The van der Waals surface area contributed by atoms with Gasteiger partial charge < -0.3 is 14.2 Å². The molecule has 29 heavy (non-hydrogen) atoms. The summed E-state index contributed by atoms with van der Waals surface area (Å²) in [6.07, 6.45) is -1.02. The third kappa shape index (κ3) is 3.41. The first-order chi connectivity index (χ1) is 13.8. The number of benzene rings is 1. The Morgan fingerprint density at radius 2 is 1.86 bits per heavy atom. The third-order valence-electron chi connectivity index (χ3n) is 5.80. The highest BCUT2D eigenvalue weighted by Crippen LogP contribution is 2.42. The van der Waals surface area contributed by atoms with Crippen LogP contribution < -0.4 is 9.64 Å². The van der Waals surface area contributed by atoms with E-state index < -0.39 is 11.7 Å². The van der Waals surface area contributed by atoms with Crippen molar-refractivity contribution in [2.24, 2.45) is 7.05 Å². The third-order valence-corrected chi connectivity index (χ3v) is 5.80. The molecular weight excluding hydrogens is 381 g/mol. The molecule has 0 bridgehead atoms. The molecule has 3 aromatic rings. The van der Waals surface area contributed by atoms with Crippen molar-refractivity contribution >= 4 is 17.1 Å². The lowest BCUT2D eigenvalue weighted by Gasteiger charge is -2.33. The van der Waals surface area contributed by atoms with Crippen molar-refractivity contribution in [3.63, 3.8) is 0 Å². The number of imidazole rings is 1. The minimum absolute atomic E-state index is 0.148. The number of fused-ring (bicyclic) bond motifs is 1. The summed E-state index contributed by atoms with van der Waals surface area (Å²) in [4.78, 5) is 11.2. The Bertz CT molecular complexity index is 1040. The van der Waals surface area contributed by atoms with Crippen LogP contribution in [0.15, 0.2) is 30.5 Å². The molecule has 1 fully saturated rings. The smallest absolute Gasteiger partial charge is 0.416 e. The lowest BCUT2D eigenvalue weighted by molar-refractivity contribution is -0.138. The molecule has 154 valence electrons. The van der Waals surface area contributed by atoms with Gasteiger partial charge in [0.05, 0.1) is 18.2 Å². The first kappa shape index (κ1) is 19.5. The Morgan fingerprint density at radius 3 is 2.48 bits per heavy atom. The second kappa shape index (κ2) is 7.24. The maximum atomic E-state index is 13.2. The van der Waals surface area contributed by atoms with Gasteiger partial charge in [0.15, 0.2) is 5.65 Å². The summed E-state index contributed by atoms with van der Waals surface area (Å²) in [7, 11) is 3.41. The SMILES string of the molecule is COc1c(C2CCN(c3nc4ncccc4n3C)CC2)ccc(C(F)(F)F)c1C. The van der Waals surface area contributed by atoms with E-state index >= 15 is 0 Å². The minimum atomic E-state index is -4.38. The predicted octanol–water partition coefficient (Wildman–Crippen LogP) is 4.69. The number of aromatic nitrogens is 3. The van der Waals surface area contributed by atoms with Crippen LogP contribution >= 0.6 is 0 Å². The Labute approximate surface area is 167 Å². The van der Waals surface area contributed by atoms with E-state index in [9.17, 15) is 13.2 Å². The summed E-state index contributed by atoms with van der Waals surface area (Å²) >= 11 is 0. The number of methoxy groups -OCH3 is 1. The number of piperidine rings is 1. The van der Waals surface area contributed by atoms with Crippen LogP contribution in [0.5, 0.6) is 5.75 Å². The van der Waals surface area contributed by atoms with Crippen molar-refractivity contribution in [2.45, 2.75) is 31.9 Å². The van der Waals surface area contributed by atoms with E-state index in [1.807, 2.05) is 23.7 Å². The Balaban J connectivity index is 1.57. The van der Waals surface area contributed by atoms with Gasteiger partial charge in [0.25, 0.3) is 0 Å². The molecule has 0 amide bonds. The number of hydrogen-bond acceptors (Lipinski definition) is 4. The van der Waals surface area contributed by atoms with Crippen LogP contribution in [0.3, 0.4) is 0 Å². The zero-order valence-electron chi connectivity index (χ0n) is 16.6. The molecule has 0 saturated carbocycles. The van der Waals surface area contributed by atoms with Gasteiger partial charge in [0.1, 0.15) is 5.75 Å². The molecule has 0 atom stereocenters. The largest absolute Gasteiger partial charge is 0.496 e. The van der Waals surface area contributed by atoms with Crippen LogP contribution in [0.2, 0.25) is 0 Å². The Kier molecular flexibility index (Phi) is 4.88. The standard InChI is InChI=1S/C21H23F3N4O/c1-13-16(21(22,23)24)7-6-15(18(13)29-3)14-8-11-28(12-9-14)20-26-19-17(27(20)2)5-4-10-25-19/h4-7,10,14H,8-9,11-12H2,1-3H3. The zero-order valence-corrected chi connectivity index (χ0v) is 16.6. The second-order valence-electron chi connectivity index (χ2n) is 7.44. The van der Waals surface area contributed by atoms with Crippen molar-refractivity contribution in [3.8, 4) is 5.75 Å². The summed E-state index contributed by atoms with van der Waals surface area (Å²) < 4.78 is 47.1. The average Bonchev–Trinajstić information content (AvgIpc) is 3.04. The molecule has 0 radical (unpaired) electrons. The van der Waals surface area contributed by atoms with E-state index in [0.29, 0.717) is 11.4 Å². The van der Waals surface area contributed by atoms with Gasteiger partial charge in [0, 0.05) is 31.9 Å². The highest BCUT2D eigenvalue weighted by Gasteiger charge is 2.35. The quantitative estimate of drug-likeness (QED) is 0.635. The number of alkyl halides is 3. The van der Waals surface area contributed by atoms with Crippen molar-refractivity contribution in [2.75, 3.05) is 25.1 Å². The summed E-state index contributed by atoms with van der Waals surface area (Å²) in [5, 5.41) is 0. The molecule has 0 N–H and O–H groups in total. The van der Waals surface area contributed by atoms with E-state index in [2.05, 4.69) is 14.9 Å². The van der Waals surface area contributed by atoms with Crippen molar-refractivity contribution < 1.29 is 17.9 Å². The Hall–Kier alpha value is -2.77. The second-order valence-corrected chi connectivity index (χ2v) is 7.44. The molecule has 3 heterocycles. The number of hydrogen-bond donors (Lipinski definition) is 0. The lowest BCUT2D eigenvalue weighted by Crippen LogP contribution is -2.34. The summed E-state index contributed by atoms with van der Waals surface area (Å²) in [6, 6.07) is 6.63. The molecule has 0 aliphatic carbocycles. The van der Waals surface area contributed by atoms with Gasteiger partial charge in [-0.2, -0.15) is 18.2 Å². The van der Waals surface area contributed by atoms with Gasteiger partial charge >= 0.3 is 6.18 Å². The van der Waals surface area contributed by atoms with Gasteiger partial charge in [-0.05, 0) is 49.4 Å². The maximum absolute atomic E-state index is 13.2. The zero-order chi connectivity index (χ0) is 20.8. The molecule has 5 nitrogen and oxygen atoms in total. The number of nitrogens with zero attached hydrogens (tertiary/aromatic N) is 4. The highest BCUT2D eigenvalue weighted by atomic mass is 19.4. The van der Waals surface area contributed by atoms with Crippen molar-refractivity contribution in [3.05, 3.63) is 47.2 Å². The van der Waals surface area contributed by atoms with E-state index in [-0.39, 0.29) is 11.5 Å². The number of rotatable bonds is 3. The first-order valence-corrected chi connectivity index (χ1v) is 9.58. The van der Waals surface area contributed by atoms with Crippen LogP contribution in [0, 0.1) is 6.92 Å². The fourth-order valence-corrected chi connectivity index (χ4v) is 4.30. The molecule has 1 aromatic carbocycles. The highest BCUT2D eigenvalue weighted by molar-refractivity contribution is 5.74. The predicted molar refractivity (Wildman–Crippen MR) is 105 cm³/mol. The molecule has 4 rings (SSSR count). The summed E-state index contributed by atoms with van der Waals surface area (Å²) in [6.45, 7) is 3.02. The molecule has 2 aromatic heterocycles. The van der Waals surface area contributed by atoms with Crippen LogP contribution in [0.25, 0.3) is 11.2 Å². The molecule has 1 aliphatic heterocycles. The maximum Gasteiger partial charge on any atom is 0.416 e. The first-order valence-electron chi connectivity index (χ1n) is 9.58. The number of ether oxygens (including phenoxy) is 1. The Morgan fingerprint density at radius 1 is 1.14 bits per heavy atom. The van der Waals surface area contributed by atoms with Crippen LogP contribution in [-0.4, -0.2) is 34.7 Å². The van der Waals surface area contributed by atoms with Gasteiger partial charge in [-0.3, -0.25) is 0 Å². The van der Waals surface area contributed by atoms with E-state index in [0.717, 1.165) is 43.0 Å². The fourth-order valence-electron chi connectivity index (χ4n) is 4.30. The number of halogens is 3. The van der Waals surface area contributed by atoms with Gasteiger partial charge in [-0.1, -0.05) is 6.07 Å². The monoisotopic (exact) mass is 404 g/mol. The minimum Gasteiger partial charge on any atom is -0.496 e. The normalized spacial score (nSPS) is 15.9.